The first-order chi connectivity index (χ1) is 13.3. The first-order valence-electron chi connectivity index (χ1n) is 9.18. The first-order valence-corrected chi connectivity index (χ1v) is 9.56. The molecule has 0 saturated heterocycles. The third kappa shape index (κ3) is 3.73. The van der Waals surface area contributed by atoms with Crippen molar-refractivity contribution in [3.63, 3.8) is 0 Å². The Hall–Kier alpha value is -2.85. The lowest BCUT2D eigenvalue weighted by Crippen LogP contribution is -2.05. The van der Waals surface area contributed by atoms with E-state index >= 15 is 0 Å². The Morgan fingerprint density at radius 1 is 1.18 bits per heavy atom. The lowest BCUT2D eigenvalue weighted by atomic mass is 10.1. The summed E-state index contributed by atoms with van der Waals surface area (Å²) in [7, 11) is 0. The molecule has 3 rings (SSSR count). The molecule has 0 unspecified atom stereocenters. The molecule has 1 heterocycles. The summed E-state index contributed by atoms with van der Waals surface area (Å²) in [4.78, 5) is 15.7. The van der Waals surface area contributed by atoms with E-state index in [0.29, 0.717) is 5.69 Å². The van der Waals surface area contributed by atoms with Gasteiger partial charge in [0.1, 0.15) is 0 Å². The maximum absolute atomic E-state index is 11.3. The Bertz CT molecular complexity index is 1080. The Balaban J connectivity index is 2.03. The maximum atomic E-state index is 11.3. The number of carboxylic acids is 1. The zero-order valence-electron chi connectivity index (χ0n) is 16.5. The van der Waals surface area contributed by atoms with Crippen LogP contribution in [0.1, 0.15) is 45.4 Å². The zero-order chi connectivity index (χ0) is 20.4. The number of benzene rings is 2. The minimum absolute atomic E-state index is 0.0503. The van der Waals surface area contributed by atoms with Crippen molar-refractivity contribution >= 4 is 29.5 Å². The SMILES string of the molecule is CCc1cccc(C)c1-n1c(C)cc(C=Nc2ccc(Cl)c(C(=O)O)c2)c1C. The molecule has 0 fully saturated rings. The quantitative estimate of drug-likeness (QED) is 0.534. The molecule has 0 aliphatic carbocycles. The molecule has 4 nitrogen and oxygen atoms in total. The van der Waals surface area contributed by atoms with Crippen molar-refractivity contribution in [3.05, 3.63) is 81.1 Å². The van der Waals surface area contributed by atoms with E-state index in [2.05, 4.69) is 61.5 Å². The summed E-state index contributed by atoms with van der Waals surface area (Å²) in [5.74, 6) is -1.06. The first kappa shape index (κ1) is 19.9. The molecule has 0 radical (unpaired) electrons. The van der Waals surface area contributed by atoms with Crippen LogP contribution in [0, 0.1) is 20.8 Å². The number of halogens is 1. The van der Waals surface area contributed by atoms with E-state index in [1.54, 1.807) is 18.3 Å². The topological polar surface area (TPSA) is 54.6 Å². The summed E-state index contributed by atoms with van der Waals surface area (Å²) in [5.41, 5.74) is 7.57. The highest BCUT2D eigenvalue weighted by Gasteiger charge is 2.14. The van der Waals surface area contributed by atoms with Gasteiger partial charge in [0, 0.05) is 23.2 Å². The highest BCUT2D eigenvalue weighted by Crippen LogP contribution is 2.27. The Morgan fingerprint density at radius 3 is 2.61 bits per heavy atom. The van der Waals surface area contributed by atoms with Gasteiger partial charge < -0.3 is 9.67 Å². The summed E-state index contributed by atoms with van der Waals surface area (Å²) >= 11 is 5.93. The second-order valence-corrected chi connectivity index (χ2v) is 7.23. The Kier molecular flexibility index (Phi) is 5.71. The molecule has 0 aliphatic rings. The van der Waals surface area contributed by atoms with E-state index in [4.69, 9.17) is 11.6 Å². The van der Waals surface area contributed by atoms with Crippen molar-refractivity contribution < 1.29 is 9.90 Å². The van der Waals surface area contributed by atoms with Gasteiger partial charge in [-0.1, -0.05) is 36.7 Å². The molecular weight excluding hydrogens is 372 g/mol. The minimum atomic E-state index is -1.06. The van der Waals surface area contributed by atoms with E-state index in [1.165, 1.54) is 22.9 Å². The average molecular weight is 395 g/mol. The number of aryl methyl sites for hydroxylation is 3. The second kappa shape index (κ2) is 8.03. The summed E-state index contributed by atoms with van der Waals surface area (Å²) in [6.45, 7) is 8.45. The van der Waals surface area contributed by atoms with Gasteiger partial charge in [0.2, 0.25) is 0 Å². The molecule has 5 heteroatoms. The molecule has 0 bridgehead atoms. The van der Waals surface area contributed by atoms with Gasteiger partial charge in [-0.05, 0) is 62.6 Å². The number of aliphatic imine (C=N–C) groups is 1. The number of nitrogens with zero attached hydrogens (tertiary/aromatic N) is 2. The van der Waals surface area contributed by atoms with E-state index in [1.807, 2.05) is 0 Å². The third-order valence-corrected chi connectivity index (χ3v) is 5.26. The van der Waals surface area contributed by atoms with E-state index in [0.717, 1.165) is 23.4 Å². The van der Waals surface area contributed by atoms with Crippen LogP contribution in [0.3, 0.4) is 0 Å². The molecule has 0 saturated carbocycles. The molecule has 0 atom stereocenters. The van der Waals surface area contributed by atoms with E-state index in [9.17, 15) is 9.90 Å². The normalized spacial score (nSPS) is 11.3. The van der Waals surface area contributed by atoms with Crippen LogP contribution in [0.4, 0.5) is 5.69 Å². The molecule has 1 aromatic heterocycles. The summed E-state index contributed by atoms with van der Waals surface area (Å²) < 4.78 is 2.26. The van der Waals surface area contributed by atoms with Gasteiger partial charge in [-0.2, -0.15) is 0 Å². The smallest absolute Gasteiger partial charge is 0.337 e. The van der Waals surface area contributed by atoms with Crippen LogP contribution in [-0.4, -0.2) is 21.9 Å². The average Bonchev–Trinajstić information content (AvgIpc) is 2.94. The van der Waals surface area contributed by atoms with Crippen LogP contribution in [0.5, 0.6) is 0 Å². The summed E-state index contributed by atoms with van der Waals surface area (Å²) in [6.07, 6.45) is 2.73. The predicted octanol–water partition coefficient (Wildman–Crippen LogP) is 6.07. The van der Waals surface area contributed by atoms with E-state index < -0.39 is 5.97 Å². The Labute approximate surface area is 170 Å². The lowest BCUT2D eigenvalue weighted by molar-refractivity contribution is 0.0697. The van der Waals surface area contributed by atoms with Gasteiger partial charge in [0.15, 0.2) is 0 Å². The number of hydrogen-bond acceptors (Lipinski definition) is 2. The van der Waals surface area contributed by atoms with Gasteiger partial charge in [0.05, 0.1) is 22.0 Å². The number of aromatic nitrogens is 1. The lowest BCUT2D eigenvalue weighted by Gasteiger charge is -2.17. The standard InChI is InChI=1S/C23H23ClN2O2/c1-5-17-8-6-7-14(2)22(17)26-15(3)11-18(16(26)4)13-25-19-9-10-21(24)20(12-19)23(27)28/h6-13H,5H2,1-4H3,(H,27,28). The van der Waals surface area contributed by atoms with Crippen LogP contribution in [0.25, 0.3) is 5.69 Å². The number of carbonyl (C=O) groups is 1. The number of para-hydroxylation sites is 1. The van der Waals surface area contributed by atoms with Crippen LogP contribution in [0.2, 0.25) is 5.02 Å². The largest absolute Gasteiger partial charge is 0.478 e. The monoisotopic (exact) mass is 394 g/mol. The van der Waals surface area contributed by atoms with Crippen LogP contribution in [-0.2, 0) is 6.42 Å². The highest BCUT2D eigenvalue weighted by molar-refractivity contribution is 6.33. The van der Waals surface area contributed by atoms with Gasteiger partial charge in [0.25, 0.3) is 0 Å². The van der Waals surface area contributed by atoms with Crippen LogP contribution < -0.4 is 0 Å². The fourth-order valence-corrected chi connectivity index (χ4v) is 3.69. The van der Waals surface area contributed by atoms with Crippen molar-refractivity contribution in [1.29, 1.82) is 0 Å². The predicted molar refractivity (Wildman–Crippen MR) is 115 cm³/mol. The fourth-order valence-electron chi connectivity index (χ4n) is 3.49. The molecule has 144 valence electrons. The van der Waals surface area contributed by atoms with Gasteiger partial charge in [-0.25, -0.2) is 4.79 Å². The molecule has 0 aliphatic heterocycles. The van der Waals surface area contributed by atoms with Gasteiger partial charge in [-0.3, -0.25) is 4.99 Å². The van der Waals surface area contributed by atoms with Crippen molar-refractivity contribution in [3.8, 4) is 5.69 Å². The number of rotatable bonds is 5. The number of carboxylic acid groups (broad SMARTS) is 1. The minimum Gasteiger partial charge on any atom is -0.478 e. The molecule has 0 amide bonds. The van der Waals surface area contributed by atoms with Crippen molar-refractivity contribution in [2.75, 3.05) is 0 Å². The van der Waals surface area contributed by atoms with Crippen molar-refractivity contribution in [1.82, 2.24) is 4.57 Å². The highest BCUT2D eigenvalue weighted by atomic mass is 35.5. The van der Waals surface area contributed by atoms with E-state index in [-0.39, 0.29) is 10.6 Å². The number of hydrogen-bond donors (Lipinski definition) is 1. The van der Waals surface area contributed by atoms with Gasteiger partial charge in [-0.15, -0.1) is 0 Å². The van der Waals surface area contributed by atoms with Gasteiger partial charge >= 0.3 is 5.97 Å². The molecule has 0 spiro atoms. The third-order valence-electron chi connectivity index (χ3n) is 4.93. The zero-order valence-corrected chi connectivity index (χ0v) is 17.2. The molecule has 1 N–H and O–H groups in total. The molecule has 28 heavy (non-hydrogen) atoms. The summed E-state index contributed by atoms with van der Waals surface area (Å²) in [6, 6.07) is 13.2. The fraction of sp³-hybridized carbons (Fsp3) is 0.217. The van der Waals surface area contributed by atoms with Crippen molar-refractivity contribution in [2.45, 2.75) is 34.1 Å². The summed E-state index contributed by atoms with van der Waals surface area (Å²) in [5, 5.41) is 9.43. The van der Waals surface area contributed by atoms with Crippen LogP contribution in [0.15, 0.2) is 47.5 Å². The van der Waals surface area contributed by atoms with Crippen LogP contribution >= 0.6 is 11.6 Å². The number of aromatic carboxylic acids is 1. The maximum Gasteiger partial charge on any atom is 0.337 e. The molecule has 3 aromatic rings. The van der Waals surface area contributed by atoms with Crippen molar-refractivity contribution in [2.24, 2.45) is 4.99 Å². The second-order valence-electron chi connectivity index (χ2n) is 6.83. The Morgan fingerprint density at radius 2 is 1.93 bits per heavy atom. The molecular formula is C23H23ClN2O2. The molecule has 2 aromatic carbocycles.